The number of nitriles is 1. The maximum atomic E-state index is 10.9. The number of rotatable bonds is 9. The molecule has 2 aliphatic heterocycles. The zero-order chi connectivity index (χ0) is 80.1. The molecule has 0 saturated heterocycles. The van der Waals surface area contributed by atoms with Crippen LogP contribution in [-0.4, -0.2) is 20.4 Å². The Labute approximate surface area is 703 Å². The summed E-state index contributed by atoms with van der Waals surface area (Å²) < 4.78 is 12.7. The van der Waals surface area contributed by atoms with E-state index in [9.17, 15) is 5.26 Å². The van der Waals surface area contributed by atoms with Crippen LogP contribution in [0.2, 0.25) is 0 Å². The van der Waals surface area contributed by atoms with Crippen LogP contribution >= 0.6 is 22.7 Å². The van der Waals surface area contributed by atoms with E-state index in [1.165, 1.54) is 83.9 Å². The van der Waals surface area contributed by atoms with Gasteiger partial charge in [0.15, 0.2) is 0 Å². The molecule has 0 fully saturated rings. The summed E-state index contributed by atoms with van der Waals surface area (Å²) >= 11 is 3.74. The third-order valence-electron chi connectivity index (χ3n) is 25.7. The monoisotopic (exact) mass is 1570 g/mol. The smallest absolute Gasteiger partial charge is 0.252 e. The van der Waals surface area contributed by atoms with Gasteiger partial charge in [-0.2, -0.15) is 5.26 Å². The first-order valence-electron chi connectivity index (χ1n) is 41.5. The van der Waals surface area contributed by atoms with E-state index in [4.69, 9.17) is 0 Å². The standard InChI is InChI=1S/C111H77BN6S2/c1-110(2,3)74-49-55-105-88(61-74)87-57-72(48-54-104(87)119-105)85-62-75(111(4,5)6)63-102(116-94-40-22-15-32-80(94)81-33-16-23-41-95(81)116)109(85)118-98-53-47-71(69-28-11-8-12-29-69)59-90(98)112-89-58-70(68-26-9-7-10-27-68)46-52-97(89)117(100-64-76(65-101(118)107(100)112)114-91-37-19-17-34-82(91)86-56-67(66-113)44-51-96(86)114)108-77(73-45-50-84-83-35-18-24-43-103(83)120-106(84)60-73)36-25-42-99(108)115-92-38-20-13-30-78(92)79-31-14-21-39-93(79)115/h7-65H,1-6H3. The second-order valence-corrected chi connectivity index (χ2v) is 36.8. The fraction of sp³-hybridized carbons (Fsp3) is 0.0721. The average Bonchev–Trinajstić information content (AvgIpc) is 0.969. The fourth-order valence-corrected chi connectivity index (χ4v) is 22.3. The van der Waals surface area contributed by atoms with Gasteiger partial charge in [0, 0.05) is 107 Å². The third-order valence-corrected chi connectivity index (χ3v) is 28.0. The Hall–Kier alpha value is -14.3. The van der Waals surface area contributed by atoms with Crippen LogP contribution in [0.4, 0.5) is 34.1 Å². The number of para-hydroxylation sites is 6. The molecule has 17 aromatic carbocycles. The summed E-state index contributed by atoms with van der Waals surface area (Å²) in [4.78, 5) is 5.44. The lowest BCUT2D eigenvalue weighted by atomic mass is 9.33. The Morgan fingerprint density at radius 3 is 1.29 bits per heavy atom. The first kappa shape index (κ1) is 70.0. The summed E-state index contributed by atoms with van der Waals surface area (Å²) in [6, 6.07) is 138. The number of aromatic nitrogens is 3. The maximum absolute atomic E-state index is 10.9. The van der Waals surface area contributed by atoms with Crippen LogP contribution in [0.5, 0.6) is 0 Å². The Morgan fingerprint density at radius 2 is 0.717 bits per heavy atom. The molecule has 5 aromatic heterocycles. The van der Waals surface area contributed by atoms with Gasteiger partial charge in [-0.15, -0.1) is 22.7 Å². The van der Waals surface area contributed by atoms with Gasteiger partial charge in [-0.05, 0) is 199 Å². The van der Waals surface area contributed by atoms with E-state index in [0.717, 1.165) is 145 Å². The molecule has 0 saturated carbocycles. The van der Waals surface area contributed by atoms with E-state index in [1.807, 2.05) is 28.7 Å². The van der Waals surface area contributed by atoms with Crippen molar-refractivity contribution in [3.8, 4) is 67.6 Å². The van der Waals surface area contributed by atoms with Crippen LogP contribution in [0.25, 0.3) is 167 Å². The predicted molar refractivity (Wildman–Crippen MR) is 513 cm³/mol. The molecular formula is C111H77BN6S2. The molecular weight excluding hydrogens is 1490 g/mol. The number of benzene rings is 17. The van der Waals surface area contributed by atoms with Gasteiger partial charge in [0.1, 0.15) is 0 Å². The number of hydrogen-bond donors (Lipinski definition) is 0. The van der Waals surface area contributed by atoms with Crippen molar-refractivity contribution in [2.24, 2.45) is 0 Å². The van der Waals surface area contributed by atoms with E-state index >= 15 is 0 Å². The number of thiophene rings is 2. The van der Waals surface area contributed by atoms with Crippen LogP contribution in [0, 0.1) is 11.3 Å². The van der Waals surface area contributed by atoms with Gasteiger partial charge in [-0.25, -0.2) is 0 Å². The third kappa shape index (κ3) is 10.6. The van der Waals surface area contributed by atoms with E-state index in [1.54, 1.807) is 0 Å². The van der Waals surface area contributed by atoms with Crippen molar-refractivity contribution in [2.75, 3.05) is 9.80 Å². The van der Waals surface area contributed by atoms with E-state index < -0.39 is 0 Å². The highest BCUT2D eigenvalue weighted by Crippen LogP contribution is 2.56. The van der Waals surface area contributed by atoms with Gasteiger partial charge >= 0.3 is 0 Å². The lowest BCUT2D eigenvalue weighted by Crippen LogP contribution is -2.61. The molecule has 0 spiro atoms. The molecule has 566 valence electrons. The number of anilines is 6. The molecule has 0 radical (unpaired) electrons. The van der Waals surface area contributed by atoms with Crippen molar-refractivity contribution >= 4 is 186 Å². The largest absolute Gasteiger partial charge is 0.309 e. The summed E-state index contributed by atoms with van der Waals surface area (Å²) in [6.45, 7) is 13.7. The summed E-state index contributed by atoms with van der Waals surface area (Å²) in [7, 11) is 0. The minimum absolute atomic E-state index is 0.0697. The maximum Gasteiger partial charge on any atom is 0.252 e. The minimum Gasteiger partial charge on any atom is -0.309 e. The normalized spacial score (nSPS) is 12.9. The molecule has 9 heteroatoms. The zero-order valence-corrected chi connectivity index (χ0v) is 68.8. The molecule has 22 aromatic rings. The van der Waals surface area contributed by atoms with Crippen LogP contribution in [0.3, 0.4) is 0 Å². The second-order valence-electron chi connectivity index (χ2n) is 34.6. The Bertz CT molecular complexity index is 8070. The minimum atomic E-state index is -0.372. The molecule has 0 aliphatic carbocycles. The van der Waals surface area contributed by atoms with Gasteiger partial charge < -0.3 is 23.5 Å². The number of hydrogen-bond acceptors (Lipinski definition) is 5. The molecule has 24 rings (SSSR count). The lowest BCUT2D eigenvalue weighted by Gasteiger charge is -2.46. The van der Waals surface area contributed by atoms with Crippen LogP contribution in [0.1, 0.15) is 58.2 Å². The summed E-state index contributed by atoms with van der Waals surface area (Å²) in [5, 5.41) is 22.7. The van der Waals surface area contributed by atoms with Crippen molar-refractivity contribution in [2.45, 2.75) is 52.4 Å². The summed E-state index contributed by atoms with van der Waals surface area (Å²) in [5.74, 6) is 0. The van der Waals surface area contributed by atoms with E-state index in [0.29, 0.717) is 5.56 Å². The molecule has 7 heterocycles. The van der Waals surface area contributed by atoms with E-state index in [2.05, 4.69) is 423 Å². The van der Waals surface area contributed by atoms with Crippen LogP contribution in [0.15, 0.2) is 358 Å². The zero-order valence-electron chi connectivity index (χ0n) is 67.1. The lowest BCUT2D eigenvalue weighted by molar-refractivity contribution is 0.590. The van der Waals surface area contributed by atoms with Crippen molar-refractivity contribution < 1.29 is 0 Å². The highest BCUT2D eigenvalue weighted by Gasteiger charge is 2.47. The second kappa shape index (κ2) is 26.4. The van der Waals surface area contributed by atoms with Crippen molar-refractivity contribution in [3.63, 3.8) is 0 Å². The first-order valence-corrected chi connectivity index (χ1v) is 43.2. The van der Waals surface area contributed by atoms with Gasteiger partial charge in [-0.1, -0.05) is 272 Å². The highest BCUT2D eigenvalue weighted by molar-refractivity contribution is 7.26. The van der Waals surface area contributed by atoms with Gasteiger partial charge in [-0.3, -0.25) is 0 Å². The fourth-order valence-electron chi connectivity index (χ4n) is 20.1. The first-order chi connectivity index (χ1) is 58.7. The Morgan fingerprint density at radius 1 is 0.267 bits per heavy atom. The molecule has 0 unspecified atom stereocenters. The molecule has 2 aliphatic rings. The molecule has 0 N–H and O–H groups in total. The Balaban J connectivity index is 0.913. The van der Waals surface area contributed by atoms with Gasteiger partial charge in [0.2, 0.25) is 0 Å². The van der Waals surface area contributed by atoms with Gasteiger partial charge in [0.25, 0.3) is 6.71 Å². The van der Waals surface area contributed by atoms with Crippen molar-refractivity contribution in [1.82, 2.24) is 13.7 Å². The van der Waals surface area contributed by atoms with Crippen LogP contribution < -0.4 is 26.2 Å². The Kier molecular flexibility index (Phi) is 15.4. The topological polar surface area (TPSA) is 45.1 Å². The summed E-state index contributed by atoms with van der Waals surface area (Å²) in [6.07, 6.45) is 0. The van der Waals surface area contributed by atoms with Gasteiger partial charge in [0.05, 0.1) is 73.2 Å². The predicted octanol–water partition coefficient (Wildman–Crippen LogP) is 28.9. The molecule has 6 nitrogen and oxygen atoms in total. The van der Waals surface area contributed by atoms with E-state index in [-0.39, 0.29) is 17.5 Å². The summed E-state index contributed by atoms with van der Waals surface area (Å²) in [5.41, 5.74) is 31.1. The van der Waals surface area contributed by atoms with Crippen LogP contribution in [-0.2, 0) is 10.8 Å². The molecule has 0 amide bonds. The van der Waals surface area contributed by atoms with Crippen molar-refractivity contribution in [3.05, 3.63) is 375 Å². The molecule has 0 atom stereocenters. The van der Waals surface area contributed by atoms with Crippen molar-refractivity contribution in [1.29, 1.82) is 5.26 Å². The quantitative estimate of drug-likeness (QED) is 0.135. The average molecular weight is 1570 g/mol. The molecule has 0 bridgehead atoms. The molecule has 120 heavy (non-hydrogen) atoms. The highest BCUT2D eigenvalue weighted by atomic mass is 32.1. The number of fused-ring (bicyclic) bond motifs is 19. The number of nitrogens with zero attached hydrogens (tertiary/aromatic N) is 6. The SMILES string of the molecule is CC(C)(C)c1cc(-c2ccc3sc4ccc(C(C)(C)C)cc4c3c2)c(N2c3ccc(-c4ccccc4)cc3B3c4cc(-c5ccccc5)ccc4N(c4c(-c5ccc6c(c5)sc5ccccc56)cccc4-n4c5ccccc5c5ccccc54)c4cc(-n5c6ccccc6c6cc(C#N)ccc65)cc2c43)c(-n2c3ccccc3c3ccccc32)c1.